The third-order valence-corrected chi connectivity index (χ3v) is 4.74. The molecule has 0 spiro atoms. The number of rotatable bonds is 5. The zero-order valence-corrected chi connectivity index (χ0v) is 17.0. The highest BCUT2D eigenvalue weighted by atomic mass is 35.5. The summed E-state index contributed by atoms with van der Waals surface area (Å²) in [6.45, 7) is -0.483. The number of anilines is 1. The van der Waals surface area contributed by atoms with Gasteiger partial charge in [-0.3, -0.25) is 9.59 Å². The molecule has 1 aromatic heterocycles. The van der Waals surface area contributed by atoms with Crippen LogP contribution in [0.25, 0.3) is 10.9 Å². The summed E-state index contributed by atoms with van der Waals surface area (Å²) < 4.78 is 19.2. The van der Waals surface area contributed by atoms with Crippen molar-refractivity contribution in [3.8, 4) is 0 Å². The number of aromatic nitrogens is 3. The van der Waals surface area contributed by atoms with Gasteiger partial charge < -0.3 is 10.1 Å². The van der Waals surface area contributed by atoms with Crippen LogP contribution in [0.1, 0.15) is 20.7 Å². The molecule has 0 aliphatic rings. The number of ether oxygens (including phenoxy) is 1. The first-order valence-corrected chi connectivity index (χ1v) is 9.66. The number of carbonyl (C=O) groups excluding carboxylic acids is 2. The number of nitrogens with one attached hydrogen (secondary N) is 1. The van der Waals surface area contributed by atoms with Crippen LogP contribution in [0.5, 0.6) is 0 Å². The Labute approximate surface area is 185 Å². The highest BCUT2D eigenvalue weighted by molar-refractivity contribution is 6.31. The molecule has 0 aliphatic carbocycles. The fourth-order valence-electron chi connectivity index (χ4n) is 2.90. The SMILES string of the molecule is O=C(Nc1cc(Cl)ccc1C(=O)OCn1nnc2ccccc2c1=O)c1ccc(F)cc1. The number of fused-ring (bicyclic) bond motifs is 1. The Balaban J connectivity index is 1.54. The molecule has 8 nitrogen and oxygen atoms in total. The van der Waals surface area contributed by atoms with Crippen molar-refractivity contribution < 1.29 is 18.7 Å². The first-order valence-electron chi connectivity index (χ1n) is 9.28. The molecule has 1 heterocycles. The molecular weight excluding hydrogens is 439 g/mol. The van der Waals surface area contributed by atoms with E-state index >= 15 is 0 Å². The van der Waals surface area contributed by atoms with Gasteiger partial charge in [-0.05, 0) is 54.6 Å². The molecule has 0 aliphatic heterocycles. The predicted octanol–water partition coefficient (Wildman–Crippen LogP) is 3.65. The van der Waals surface area contributed by atoms with Crippen molar-refractivity contribution in [3.05, 3.63) is 99.1 Å². The third kappa shape index (κ3) is 4.47. The number of esters is 1. The van der Waals surface area contributed by atoms with E-state index < -0.39 is 30.0 Å². The van der Waals surface area contributed by atoms with Crippen molar-refractivity contribution in [1.29, 1.82) is 0 Å². The number of nitrogens with zero attached hydrogens (tertiary/aromatic N) is 3. The molecule has 4 rings (SSSR count). The fourth-order valence-corrected chi connectivity index (χ4v) is 3.07. The number of benzene rings is 3. The van der Waals surface area contributed by atoms with E-state index in [-0.39, 0.29) is 21.8 Å². The van der Waals surface area contributed by atoms with Crippen molar-refractivity contribution >= 4 is 40.1 Å². The number of hydrogen-bond donors (Lipinski definition) is 1. The van der Waals surface area contributed by atoms with Gasteiger partial charge in [-0.25, -0.2) is 9.18 Å². The number of hydrogen-bond acceptors (Lipinski definition) is 6. The molecule has 0 bridgehead atoms. The van der Waals surface area contributed by atoms with Gasteiger partial charge in [-0.1, -0.05) is 28.9 Å². The smallest absolute Gasteiger partial charge is 0.342 e. The van der Waals surface area contributed by atoms with Gasteiger partial charge in [0.15, 0.2) is 6.73 Å². The normalized spacial score (nSPS) is 10.7. The molecule has 160 valence electrons. The monoisotopic (exact) mass is 452 g/mol. The van der Waals surface area contributed by atoms with Crippen LogP contribution in [-0.2, 0) is 11.5 Å². The molecule has 1 amide bonds. The van der Waals surface area contributed by atoms with Crippen LogP contribution in [-0.4, -0.2) is 26.9 Å². The zero-order valence-electron chi connectivity index (χ0n) is 16.3. The molecule has 0 saturated heterocycles. The minimum Gasteiger partial charge on any atom is -0.438 e. The number of halogens is 2. The largest absolute Gasteiger partial charge is 0.438 e. The standard InChI is InChI=1S/C22H14ClFN4O4/c23-14-7-10-17(19(11-14)25-20(29)13-5-8-15(24)9-6-13)22(31)32-12-28-21(30)16-3-1-2-4-18(16)26-27-28/h1-11H,12H2,(H,25,29). The van der Waals surface area contributed by atoms with E-state index in [0.29, 0.717) is 10.9 Å². The summed E-state index contributed by atoms with van der Waals surface area (Å²) in [5, 5.41) is 10.8. The van der Waals surface area contributed by atoms with Gasteiger partial charge >= 0.3 is 5.97 Å². The van der Waals surface area contributed by atoms with Crippen LogP contribution in [0.2, 0.25) is 5.02 Å². The molecule has 32 heavy (non-hydrogen) atoms. The van der Waals surface area contributed by atoms with Crippen LogP contribution in [0, 0.1) is 5.82 Å². The maximum Gasteiger partial charge on any atom is 0.342 e. The summed E-state index contributed by atoms with van der Waals surface area (Å²) in [6, 6.07) is 15.7. The second-order valence-electron chi connectivity index (χ2n) is 6.62. The van der Waals surface area contributed by atoms with Crippen molar-refractivity contribution in [1.82, 2.24) is 15.0 Å². The molecule has 1 N–H and O–H groups in total. The Bertz CT molecular complexity index is 1390. The topological polar surface area (TPSA) is 103 Å². The average Bonchev–Trinajstić information content (AvgIpc) is 2.79. The van der Waals surface area contributed by atoms with Crippen LogP contribution in [0.4, 0.5) is 10.1 Å². The van der Waals surface area contributed by atoms with E-state index in [1.807, 2.05) is 0 Å². The van der Waals surface area contributed by atoms with Gasteiger partial charge in [0.2, 0.25) is 0 Å². The Morgan fingerprint density at radius 2 is 1.81 bits per heavy atom. The van der Waals surface area contributed by atoms with E-state index in [4.69, 9.17) is 16.3 Å². The summed E-state index contributed by atoms with van der Waals surface area (Å²) in [4.78, 5) is 37.6. The Morgan fingerprint density at radius 1 is 1.06 bits per heavy atom. The van der Waals surface area contributed by atoms with Crippen LogP contribution in [0.3, 0.4) is 0 Å². The maximum atomic E-state index is 13.1. The van der Waals surface area contributed by atoms with E-state index in [9.17, 15) is 18.8 Å². The first-order chi connectivity index (χ1) is 15.4. The summed E-state index contributed by atoms with van der Waals surface area (Å²) in [7, 11) is 0. The van der Waals surface area contributed by atoms with Crippen LogP contribution in [0.15, 0.2) is 71.5 Å². The second kappa shape index (κ2) is 8.94. The van der Waals surface area contributed by atoms with E-state index in [0.717, 1.165) is 16.8 Å². The van der Waals surface area contributed by atoms with Gasteiger partial charge in [0.1, 0.15) is 11.3 Å². The Morgan fingerprint density at radius 3 is 2.59 bits per heavy atom. The van der Waals surface area contributed by atoms with E-state index in [1.54, 1.807) is 24.3 Å². The molecule has 0 atom stereocenters. The summed E-state index contributed by atoms with van der Waals surface area (Å²) in [5.74, 6) is -1.88. The van der Waals surface area contributed by atoms with Crippen molar-refractivity contribution in [2.24, 2.45) is 0 Å². The lowest BCUT2D eigenvalue weighted by Crippen LogP contribution is -2.26. The zero-order chi connectivity index (χ0) is 22.7. The third-order valence-electron chi connectivity index (χ3n) is 4.50. The lowest BCUT2D eigenvalue weighted by molar-refractivity contribution is 0.0337. The summed E-state index contributed by atoms with van der Waals surface area (Å²) >= 11 is 6.00. The molecule has 0 fully saturated rings. The minimum atomic E-state index is -0.821. The first kappa shape index (κ1) is 21.1. The summed E-state index contributed by atoms with van der Waals surface area (Å²) in [6.07, 6.45) is 0. The lowest BCUT2D eigenvalue weighted by atomic mass is 10.1. The highest BCUT2D eigenvalue weighted by Crippen LogP contribution is 2.23. The number of carbonyl (C=O) groups is 2. The van der Waals surface area contributed by atoms with Gasteiger partial charge in [0.25, 0.3) is 11.5 Å². The second-order valence-corrected chi connectivity index (χ2v) is 7.06. The van der Waals surface area contributed by atoms with Crippen LogP contribution < -0.4 is 10.9 Å². The lowest BCUT2D eigenvalue weighted by Gasteiger charge is -2.12. The number of amides is 1. The minimum absolute atomic E-state index is 0.00617. The highest BCUT2D eigenvalue weighted by Gasteiger charge is 2.17. The van der Waals surface area contributed by atoms with Gasteiger partial charge in [0.05, 0.1) is 16.6 Å². The summed E-state index contributed by atoms with van der Waals surface area (Å²) in [5.41, 5.74) is 0.233. The van der Waals surface area contributed by atoms with E-state index in [1.165, 1.54) is 30.3 Å². The molecule has 3 aromatic carbocycles. The van der Waals surface area contributed by atoms with Crippen molar-refractivity contribution in [2.75, 3.05) is 5.32 Å². The van der Waals surface area contributed by atoms with Gasteiger partial charge in [-0.2, -0.15) is 4.68 Å². The Kier molecular flexibility index (Phi) is 5.91. The molecule has 4 aromatic rings. The van der Waals surface area contributed by atoms with Crippen LogP contribution >= 0.6 is 11.6 Å². The molecular formula is C22H14ClFN4O4. The Hall–Kier alpha value is -4.11. The van der Waals surface area contributed by atoms with Gasteiger partial charge in [0, 0.05) is 10.6 Å². The van der Waals surface area contributed by atoms with Gasteiger partial charge in [-0.15, -0.1) is 5.10 Å². The van der Waals surface area contributed by atoms with E-state index in [2.05, 4.69) is 15.6 Å². The average molecular weight is 453 g/mol. The molecule has 0 saturated carbocycles. The van der Waals surface area contributed by atoms with Crippen molar-refractivity contribution in [2.45, 2.75) is 6.73 Å². The molecule has 0 unspecified atom stereocenters. The maximum absolute atomic E-state index is 13.1. The van der Waals surface area contributed by atoms with Crippen molar-refractivity contribution in [3.63, 3.8) is 0 Å². The predicted molar refractivity (Wildman–Crippen MR) is 115 cm³/mol. The molecule has 0 radical (unpaired) electrons. The molecule has 10 heteroatoms. The fraction of sp³-hybridized carbons (Fsp3) is 0.0455. The quantitative estimate of drug-likeness (QED) is 0.464.